The summed E-state index contributed by atoms with van der Waals surface area (Å²) in [6.07, 6.45) is 1.93. The van der Waals surface area contributed by atoms with Crippen molar-refractivity contribution >= 4 is 0 Å². The molecule has 66 valence electrons. The predicted molar refractivity (Wildman–Crippen MR) is 48.2 cm³/mol. The van der Waals surface area contributed by atoms with Gasteiger partial charge in [0.15, 0.2) is 0 Å². The van der Waals surface area contributed by atoms with Gasteiger partial charge in [-0.1, -0.05) is 25.5 Å². The standard InChI is InChI=1S/C10H14FN/c1-2-4-10(12)8-5-3-6-9(11)7-8/h3,5-7,10H,2,4,12H2,1H3/t10-/m0/s1. The summed E-state index contributed by atoms with van der Waals surface area (Å²) in [5.74, 6) is -0.209. The van der Waals surface area contributed by atoms with E-state index in [2.05, 4.69) is 6.92 Å². The Bertz CT molecular complexity index is 247. The first-order valence-electron chi connectivity index (χ1n) is 4.25. The summed E-state index contributed by atoms with van der Waals surface area (Å²) < 4.78 is 12.7. The zero-order valence-corrected chi connectivity index (χ0v) is 7.26. The van der Waals surface area contributed by atoms with Gasteiger partial charge in [0.05, 0.1) is 0 Å². The van der Waals surface area contributed by atoms with Crippen molar-refractivity contribution in [2.24, 2.45) is 5.73 Å². The Morgan fingerprint density at radius 1 is 1.50 bits per heavy atom. The molecule has 0 aliphatic carbocycles. The summed E-state index contributed by atoms with van der Waals surface area (Å²) in [5.41, 5.74) is 6.69. The molecule has 0 aliphatic rings. The molecule has 0 saturated heterocycles. The molecule has 0 radical (unpaired) electrons. The quantitative estimate of drug-likeness (QED) is 0.735. The van der Waals surface area contributed by atoms with E-state index in [1.165, 1.54) is 12.1 Å². The molecule has 12 heavy (non-hydrogen) atoms. The minimum atomic E-state index is -0.209. The summed E-state index contributed by atoms with van der Waals surface area (Å²) in [6.45, 7) is 2.07. The fraction of sp³-hybridized carbons (Fsp3) is 0.400. The van der Waals surface area contributed by atoms with E-state index in [0.717, 1.165) is 18.4 Å². The highest BCUT2D eigenvalue weighted by Crippen LogP contribution is 2.15. The van der Waals surface area contributed by atoms with Crippen molar-refractivity contribution in [1.29, 1.82) is 0 Å². The van der Waals surface area contributed by atoms with Crippen LogP contribution in [0.15, 0.2) is 24.3 Å². The maximum absolute atomic E-state index is 12.7. The van der Waals surface area contributed by atoms with Gasteiger partial charge in [-0.25, -0.2) is 4.39 Å². The second-order valence-corrected chi connectivity index (χ2v) is 2.95. The van der Waals surface area contributed by atoms with Crippen LogP contribution in [0.25, 0.3) is 0 Å². The summed E-state index contributed by atoms with van der Waals surface area (Å²) in [5, 5.41) is 0. The van der Waals surface area contributed by atoms with Crippen molar-refractivity contribution in [2.75, 3.05) is 0 Å². The van der Waals surface area contributed by atoms with Gasteiger partial charge in [-0.2, -0.15) is 0 Å². The lowest BCUT2D eigenvalue weighted by molar-refractivity contribution is 0.605. The SMILES string of the molecule is CCC[C@H](N)c1cccc(F)c1. The normalized spacial score (nSPS) is 12.9. The van der Waals surface area contributed by atoms with Crippen LogP contribution in [0.4, 0.5) is 4.39 Å². The molecule has 1 atom stereocenters. The summed E-state index contributed by atoms with van der Waals surface area (Å²) in [4.78, 5) is 0. The Morgan fingerprint density at radius 3 is 2.83 bits per heavy atom. The molecule has 0 amide bonds. The third-order valence-corrected chi connectivity index (χ3v) is 1.88. The molecule has 0 saturated carbocycles. The van der Waals surface area contributed by atoms with Gasteiger partial charge in [-0.3, -0.25) is 0 Å². The van der Waals surface area contributed by atoms with Crippen LogP contribution in [0.1, 0.15) is 31.4 Å². The largest absolute Gasteiger partial charge is 0.324 e. The monoisotopic (exact) mass is 167 g/mol. The predicted octanol–water partition coefficient (Wildman–Crippen LogP) is 2.63. The molecule has 0 heterocycles. The van der Waals surface area contributed by atoms with E-state index < -0.39 is 0 Å². The van der Waals surface area contributed by atoms with Crippen molar-refractivity contribution < 1.29 is 4.39 Å². The summed E-state index contributed by atoms with van der Waals surface area (Å²) in [6, 6.07) is 6.47. The van der Waals surface area contributed by atoms with Crippen LogP contribution in [-0.4, -0.2) is 0 Å². The van der Waals surface area contributed by atoms with E-state index in [0.29, 0.717) is 0 Å². The van der Waals surface area contributed by atoms with E-state index in [1.54, 1.807) is 6.07 Å². The molecule has 0 spiro atoms. The first-order chi connectivity index (χ1) is 5.74. The van der Waals surface area contributed by atoms with Gasteiger partial charge >= 0.3 is 0 Å². The third kappa shape index (κ3) is 2.31. The maximum Gasteiger partial charge on any atom is 0.123 e. The van der Waals surface area contributed by atoms with Crippen LogP contribution in [0, 0.1) is 5.82 Å². The summed E-state index contributed by atoms with van der Waals surface area (Å²) >= 11 is 0. The zero-order valence-electron chi connectivity index (χ0n) is 7.26. The van der Waals surface area contributed by atoms with Gasteiger partial charge in [-0.05, 0) is 24.1 Å². The van der Waals surface area contributed by atoms with Crippen molar-refractivity contribution in [3.63, 3.8) is 0 Å². The molecular formula is C10H14FN. The Labute approximate surface area is 72.4 Å². The average molecular weight is 167 g/mol. The fourth-order valence-electron chi connectivity index (χ4n) is 1.21. The topological polar surface area (TPSA) is 26.0 Å². The maximum atomic E-state index is 12.7. The molecule has 2 heteroatoms. The van der Waals surface area contributed by atoms with Gasteiger partial charge in [0.1, 0.15) is 5.82 Å². The molecule has 1 aromatic rings. The van der Waals surface area contributed by atoms with E-state index in [1.807, 2.05) is 6.07 Å². The van der Waals surface area contributed by atoms with Crippen LogP contribution in [0.5, 0.6) is 0 Å². The van der Waals surface area contributed by atoms with Gasteiger partial charge < -0.3 is 5.73 Å². The highest BCUT2D eigenvalue weighted by molar-refractivity contribution is 5.19. The Kier molecular flexibility index (Phi) is 3.23. The van der Waals surface area contributed by atoms with Crippen LogP contribution in [-0.2, 0) is 0 Å². The molecule has 0 aliphatic heterocycles. The van der Waals surface area contributed by atoms with Crippen LogP contribution in [0.2, 0.25) is 0 Å². The Hall–Kier alpha value is -0.890. The smallest absolute Gasteiger partial charge is 0.123 e. The molecule has 0 bridgehead atoms. The Morgan fingerprint density at radius 2 is 2.25 bits per heavy atom. The lowest BCUT2D eigenvalue weighted by atomic mass is 10.0. The summed E-state index contributed by atoms with van der Waals surface area (Å²) in [7, 11) is 0. The number of hydrogen-bond donors (Lipinski definition) is 1. The fourth-order valence-corrected chi connectivity index (χ4v) is 1.21. The second-order valence-electron chi connectivity index (χ2n) is 2.95. The van der Waals surface area contributed by atoms with Crippen LogP contribution in [0.3, 0.4) is 0 Å². The third-order valence-electron chi connectivity index (χ3n) is 1.88. The molecule has 1 rings (SSSR count). The number of benzene rings is 1. The van der Waals surface area contributed by atoms with Crippen molar-refractivity contribution in [3.8, 4) is 0 Å². The van der Waals surface area contributed by atoms with Crippen molar-refractivity contribution in [1.82, 2.24) is 0 Å². The highest BCUT2D eigenvalue weighted by atomic mass is 19.1. The first kappa shape index (κ1) is 9.20. The molecule has 2 N–H and O–H groups in total. The van der Waals surface area contributed by atoms with E-state index in [9.17, 15) is 4.39 Å². The number of rotatable bonds is 3. The van der Waals surface area contributed by atoms with Crippen LogP contribution < -0.4 is 5.73 Å². The van der Waals surface area contributed by atoms with Gasteiger partial charge in [0, 0.05) is 6.04 Å². The Balaban J connectivity index is 2.73. The molecule has 1 aromatic carbocycles. The van der Waals surface area contributed by atoms with E-state index in [-0.39, 0.29) is 11.9 Å². The lowest BCUT2D eigenvalue weighted by Crippen LogP contribution is -2.09. The molecular weight excluding hydrogens is 153 g/mol. The minimum Gasteiger partial charge on any atom is -0.324 e. The minimum absolute atomic E-state index is 0.0225. The second kappa shape index (κ2) is 4.21. The van der Waals surface area contributed by atoms with Gasteiger partial charge in [0.25, 0.3) is 0 Å². The van der Waals surface area contributed by atoms with Crippen LogP contribution >= 0.6 is 0 Å². The molecule has 1 nitrogen and oxygen atoms in total. The van der Waals surface area contributed by atoms with E-state index >= 15 is 0 Å². The number of halogens is 1. The number of hydrogen-bond acceptors (Lipinski definition) is 1. The molecule has 0 aromatic heterocycles. The lowest BCUT2D eigenvalue weighted by Gasteiger charge is -2.09. The highest BCUT2D eigenvalue weighted by Gasteiger charge is 2.04. The number of nitrogens with two attached hydrogens (primary N) is 1. The molecule has 0 unspecified atom stereocenters. The molecule has 0 fully saturated rings. The van der Waals surface area contributed by atoms with Crippen molar-refractivity contribution in [2.45, 2.75) is 25.8 Å². The first-order valence-corrected chi connectivity index (χ1v) is 4.25. The average Bonchev–Trinajstić information content (AvgIpc) is 2.05. The zero-order chi connectivity index (χ0) is 8.97. The van der Waals surface area contributed by atoms with E-state index in [4.69, 9.17) is 5.73 Å². The van der Waals surface area contributed by atoms with Gasteiger partial charge in [-0.15, -0.1) is 0 Å². The van der Waals surface area contributed by atoms with Crippen molar-refractivity contribution in [3.05, 3.63) is 35.6 Å². The van der Waals surface area contributed by atoms with Gasteiger partial charge in [0.2, 0.25) is 0 Å².